The average molecular weight is 331 g/mol. The Kier molecular flexibility index (Phi) is 6.02. The molecule has 0 aromatic carbocycles. The van der Waals surface area contributed by atoms with Gasteiger partial charge >= 0.3 is 0 Å². The van der Waals surface area contributed by atoms with Crippen molar-refractivity contribution >= 4 is 15.9 Å². The monoisotopic (exact) mass is 330 g/mol. The van der Waals surface area contributed by atoms with Gasteiger partial charge < -0.3 is 5.32 Å². The Hall–Kier alpha value is -0.390. The van der Waals surface area contributed by atoms with E-state index in [4.69, 9.17) is 0 Å². The van der Waals surface area contributed by atoms with E-state index in [9.17, 15) is 0 Å². The van der Waals surface area contributed by atoms with Gasteiger partial charge in [-0.05, 0) is 49.4 Å². The van der Waals surface area contributed by atoms with Crippen molar-refractivity contribution in [2.45, 2.75) is 45.7 Å². The first-order valence-corrected chi connectivity index (χ1v) is 7.85. The summed E-state index contributed by atoms with van der Waals surface area (Å²) in [6, 6.07) is 0.235. The van der Waals surface area contributed by atoms with Gasteiger partial charge in [0.05, 0.1) is 22.4 Å². The van der Waals surface area contributed by atoms with Gasteiger partial charge in [0.25, 0.3) is 0 Å². The van der Waals surface area contributed by atoms with E-state index in [1.807, 2.05) is 25.0 Å². The van der Waals surface area contributed by atoms with E-state index in [-0.39, 0.29) is 11.6 Å². The maximum absolute atomic E-state index is 4.36. The Morgan fingerprint density at radius 1 is 1.42 bits per heavy atom. The van der Waals surface area contributed by atoms with Crippen molar-refractivity contribution in [3.63, 3.8) is 0 Å². The third kappa shape index (κ3) is 3.03. The summed E-state index contributed by atoms with van der Waals surface area (Å²) < 4.78 is 3.03. The lowest BCUT2D eigenvalue weighted by molar-refractivity contribution is 0.0695. The fourth-order valence-corrected chi connectivity index (χ4v) is 3.62. The highest BCUT2D eigenvalue weighted by molar-refractivity contribution is 9.10. The Morgan fingerprint density at radius 2 is 2.00 bits per heavy atom. The molecule has 0 spiro atoms. The summed E-state index contributed by atoms with van der Waals surface area (Å²) in [5.74, 6) is 0. The van der Waals surface area contributed by atoms with Crippen molar-refractivity contribution in [3.05, 3.63) is 16.4 Å². The molecule has 0 amide bonds. The number of nitrogens with one attached hydrogen (secondary N) is 1. The molecule has 1 aromatic rings. The second-order valence-corrected chi connectivity index (χ2v) is 5.96. The highest BCUT2D eigenvalue weighted by atomic mass is 79.9. The Balaban J connectivity index is 3.26. The van der Waals surface area contributed by atoms with Crippen molar-refractivity contribution in [1.82, 2.24) is 20.0 Å². The lowest BCUT2D eigenvalue weighted by Crippen LogP contribution is -2.54. The van der Waals surface area contributed by atoms with Gasteiger partial charge in [0, 0.05) is 12.6 Å². The highest BCUT2D eigenvalue weighted by Gasteiger charge is 2.39. The molecular weight excluding hydrogens is 304 g/mol. The third-order valence-electron chi connectivity index (χ3n) is 4.32. The van der Waals surface area contributed by atoms with Gasteiger partial charge in [0.1, 0.15) is 0 Å². The molecule has 2 unspecified atom stereocenters. The van der Waals surface area contributed by atoms with Crippen LogP contribution in [0.2, 0.25) is 0 Å². The maximum atomic E-state index is 4.36. The van der Waals surface area contributed by atoms with Crippen molar-refractivity contribution in [3.8, 4) is 0 Å². The van der Waals surface area contributed by atoms with Crippen LogP contribution in [0.15, 0.2) is 10.7 Å². The first kappa shape index (κ1) is 16.7. The van der Waals surface area contributed by atoms with Crippen LogP contribution < -0.4 is 5.32 Å². The quantitative estimate of drug-likeness (QED) is 0.834. The molecule has 4 nitrogen and oxygen atoms in total. The minimum Gasteiger partial charge on any atom is -0.310 e. The van der Waals surface area contributed by atoms with Crippen LogP contribution in [0.25, 0.3) is 0 Å². The molecule has 5 heteroatoms. The minimum absolute atomic E-state index is 0.0641. The van der Waals surface area contributed by atoms with Crippen LogP contribution in [0.4, 0.5) is 0 Å². The lowest BCUT2D eigenvalue weighted by Gasteiger charge is -2.45. The molecule has 0 saturated carbocycles. The molecule has 1 aromatic heterocycles. The molecule has 0 radical (unpaired) electrons. The number of aryl methyl sites for hydroxylation is 1. The molecule has 0 aliphatic heterocycles. The highest BCUT2D eigenvalue weighted by Crippen LogP contribution is 2.36. The summed E-state index contributed by atoms with van der Waals surface area (Å²) in [6.07, 6.45) is 2.95. The smallest absolute Gasteiger partial charge is 0.0711 e. The van der Waals surface area contributed by atoms with Gasteiger partial charge in [-0.2, -0.15) is 5.10 Å². The molecular formula is C14H27BrN4. The van der Waals surface area contributed by atoms with E-state index in [1.54, 1.807) is 0 Å². The van der Waals surface area contributed by atoms with Crippen molar-refractivity contribution in [1.29, 1.82) is 0 Å². The molecule has 0 fully saturated rings. The summed E-state index contributed by atoms with van der Waals surface area (Å²) in [7, 11) is 4.03. The molecule has 19 heavy (non-hydrogen) atoms. The van der Waals surface area contributed by atoms with E-state index >= 15 is 0 Å². The van der Waals surface area contributed by atoms with Gasteiger partial charge in [-0.25, -0.2) is 0 Å². The van der Waals surface area contributed by atoms with Gasteiger partial charge in [-0.3, -0.25) is 9.58 Å². The molecule has 1 heterocycles. The van der Waals surface area contributed by atoms with E-state index in [1.165, 1.54) is 5.69 Å². The van der Waals surface area contributed by atoms with Crippen LogP contribution in [0.3, 0.4) is 0 Å². The third-order valence-corrected chi connectivity index (χ3v) is 4.93. The summed E-state index contributed by atoms with van der Waals surface area (Å²) >= 11 is 3.63. The fraction of sp³-hybridized carbons (Fsp3) is 0.786. The second kappa shape index (κ2) is 6.86. The number of hydrogen-bond donors (Lipinski definition) is 1. The number of likely N-dealkylation sites (N-methyl/N-ethyl adjacent to an activating group) is 2. The Morgan fingerprint density at radius 3 is 2.32 bits per heavy atom. The summed E-state index contributed by atoms with van der Waals surface area (Å²) in [5, 5.41) is 7.85. The first-order valence-electron chi connectivity index (χ1n) is 7.05. The predicted molar refractivity (Wildman–Crippen MR) is 84.3 cm³/mol. The lowest BCUT2D eigenvalue weighted by atomic mass is 9.85. The fourth-order valence-electron chi connectivity index (χ4n) is 3.04. The van der Waals surface area contributed by atoms with Crippen LogP contribution in [0.1, 0.15) is 45.9 Å². The van der Waals surface area contributed by atoms with Gasteiger partial charge in [-0.1, -0.05) is 20.8 Å². The van der Waals surface area contributed by atoms with Crippen LogP contribution in [0.5, 0.6) is 0 Å². The zero-order valence-corrected chi connectivity index (χ0v) is 14.6. The molecule has 1 N–H and O–H groups in total. The van der Waals surface area contributed by atoms with Crippen LogP contribution in [-0.2, 0) is 7.05 Å². The van der Waals surface area contributed by atoms with E-state index in [0.717, 1.165) is 24.0 Å². The number of hydrogen-bond acceptors (Lipinski definition) is 3. The van der Waals surface area contributed by atoms with Crippen LogP contribution in [0, 0.1) is 0 Å². The molecule has 0 aliphatic rings. The SMILES string of the molecule is CCN(CC)C(C)(CC)C(NC)c1c(Br)cnn1C. The zero-order chi connectivity index (χ0) is 14.6. The average Bonchev–Trinajstić information content (AvgIpc) is 2.73. The van der Waals surface area contributed by atoms with Crippen LogP contribution >= 0.6 is 15.9 Å². The largest absolute Gasteiger partial charge is 0.310 e. The van der Waals surface area contributed by atoms with Crippen molar-refractivity contribution in [2.24, 2.45) is 7.05 Å². The van der Waals surface area contributed by atoms with Crippen molar-refractivity contribution in [2.75, 3.05) is 20.1 Å². The number of nitrogens with zero attached hydrogens (tertiary/aromatic N) is 3. The summed E-state index contributed by atoms with van der Waals surface area (Å²) in [6.45, 7) is 11.1. The summed E-state index contributed by atoms with van der Waals surface area (Å²) in [4.78, 5) is 2.52. The minimum atomic E-state index is 0.0641. The molecule has 0 saturated heterocycles. The van der Waals surface area contributed by atoms with Gasteiger partial charge in [0.2, 0.25) is 0 Å². The zero-order valence-electron chi connectivity index (χ0n) is 13.0. The molecule has 2 atom stereocenters. The molecule has 110 valence electrons. The Bertz CT molecular complexity index is 381. The molecule has 0 bridgehead atoms. The van der Waals surface area contributed by atoms with E-state index in [2.05, 4.69) is 58.9 Å². The topological polar surface area (TPSA) is 33.1 Å². The van der Waals surface area contributed by atoms with Crippen molar-refractivity contribution < 1.29 is 0 Å². The normalized spacial score (nSPS) is 16.6. The Labute approximate surface area is 125 Å². The van der Waals surface area contributed by atoms with E-state index in [0.29, 0.717) is 0 Å². The second-order valence-electron chi connectivity index (χ2n) is 5.11. The van der Waals surface area contributed by atoms with Gasteiger partial charge in [0.15, 0.2) is 0 Å². The van der Waals surface area contributed by atoms with Gasteiger partial charge in [-0.15, -0.1) is 0 Å². The molecule has 0 aliphatic carbocycles. The number of halogens is 1. The van der Waals surface area contributed by atoms with Crippen LogP contribution in [-0.4, -0.2) is 40.4 Å². The number of aromatic nitrogens is 2. The summed E-state index contributed by atoms with van der Waals surface area (Å²) in [5.41, 5.74) is 1.27. The standard InChI is InChI=1S/C14H27BrN4/c1-7-14(4,19(8-2)9-3)13(16-5)12-11(15)10-17-18(12)6/h10,13,16H,7-9H2,1-6H3. The molecule has 1 rings (SSSR count). The predicted octanol–water partition coefficient (Wildman–Crippen LogP) is 2.95. The number of rotatable bonds is 7. The maximum Gasteiger partial charge on any atom is 0.0711 e. The van der Waals surface area contributed by atoms with E-state index < -0.39 is 0 Å². The first-order chi connectivity index (χ1) is 8.96.